The van der Waals surface area contributed by atoms with Gasteiger partial charge in [-0.25, -0.2) is 4.98 Å². The van der Waals surface area contributed by atoms with E-state index in [2.05, 4.69) is 70.9 Å². The van der Waals surface area contributed by atoms with Crippen LogP contribution >= 0.6 is 11.3 Å². The molecular weight excluding hydrogens is 332 g/mol. The van der Waals surface area contributed by atoms with Crippen LogP contribution in [-0.2, 0) is 6.54 Å². The molecule has 2 aromatic heterocycles. The zero-order valence-corrected chi connectivity index (χ0v) is 14.5. The lowest BCUT2D eigenvalue weighted by Crippen LogP contribution is -2.12. The van der Waals surface area contributed by atoms with Gasteiger partial charge in [0.25, 0.3) is 5.56 Å². The molecule has 0 aliphatic heterocycles. The number of benzene rings is 2. The fourth-order valence-electron chi connectivity index (χ4n) is 2.63. The summed E-state index contributed by atoms with van der Waals surface area (Å²) in [6.45, 7) is 2.74. The molecule has 0 atom stereocenters. The van der Waals surface area contributed by atoms with Gasteiger partial charge < -0.3 is 5.32 Å². The summed E-state index contributed by atoms with van der Waals surface area (Å²) < 4.78 is 1.31. The first-order chi connectivity index (χ1) is 12.2. The molecule has 2 heterocycles. The van der Waals surface area contributed by atoms with Gasteiger partial charge in [0, 0.05) is 18.8 Å². The monoisotopic (exact) mass is 348 g/mol. The maximum atomic E-state index is 11.7. The van der Waals surface area contributed by atoms with E-state index in [1.807, 2.05) is 0 Å². The van der Waals surface area contributed by atoms with Crippen LogP contribution in [0.4, 0.5) is 5.13 Å². The summed E-state index contributed by atoms with van der Waals surface area (Å²) in [6.07, 6.45) is 1.50. The number of fused-ring (bicyclic) bond motifs is 1. The highest BCUT2D eigenvalue weighted by atomic mass is 32.1. The maximum Gasteiger partial charge on any atom is 0.275 e. The summed E-state index contributed by atoms with van der Waals surface area (Å²) in [5.41, 5.74) is 4.65. The third-order valence-electron chi connectivity index (χ3n) is 3.92. The van der Waals surface area contributed by atoms with Crippen molar-refractivity contribution in [3.05, 3.63) is 82.3 Å². The fraction of sp³-hybridized carbons (Fsp3) is 0.105. The number of aryl methyl sites for hydroxylation is 1. The van der Waals surface area contributed by atoms with Crippen LogP contribution in [0, 0.1) is 6.92 Å². The maximum absolute atomic E-state index is 11.7. The second kappa shape index (κ2) is 6.49. The lowest BCUT2D eigenvalue weighted by molar-refractivity contribution is 0.895. The van der Waals surface area contributed by atoms with Crippen molar-refractivity contribution in [3.8, 4) is 11.1 Å². The quantitative estimate of drug-likeness (QED) is 0.610. The predicted octanol–water partition coefficient (Wildman–Crippen LogP) is 3.74. The van der Waals surface area contributed by atoms with Crippen LogP contribution in [0.1, 0.15) is 11.1 Å². The van der Waals surface area contributed by atoms with Gasteiger partial charge in [0.15, 0.2) is 0 Å². The van der Waals surface area contributed by atoms with Crippen molar-refractivity contribution < 1.29 is 0 Å². The highest BCUT2D eigenvalue weighted by Gasteiger charge is 2.06. The Hall–Kier alpha value is -2.99. The molecule has 0 fully saturated rings. The Morgan fingerprint density at radius 1 is 1.08 bits per heavy atom. The highest BCUT2D eigenvalue weighted by Crippen LogP contribution is 2.22. The van der Waals surface area contributed by atoms with E-state index in [1.165, 1.54) is 44.8 Å². The number of anilines is 1. The van der Waals surface area contributed by atoms with E-state index in [4.69, 9.17) is 0 Å². The molecule has 0 aliphatic carbocycles. The van der Waals surface area contributed by atoms with Crippen molar-refractivity contribution in [1.82, 2.24) is 14.6 Å². The van der Waals surface area contributed by atoms with Gasteiger partial charge in [-0.3, -0.25) is 4.79 Å². The first kappa shape index (κ1) is 15.5. The zero-order chi connectivity index (χ0) is 17.2. The van der Waals surface area contributed by atoms with Gasteiger partial charge in [-0.15, -0.1) is 5.10 Å². The molecule has 0 unspecified atom stereocenters. The molecule has 0 saturated carbocycles. The molecule has 25 heavy (non-hydrogen) atoms. The van der Waals surface area contributed by atoms with E-state index in [1.54, 1.807) is 0 Å². The summed E-state index contributed by atoms with van der Waals surface area (Å²) in [7, 11) is 0. The summed E-state index contributed by atoms with van der Waals surface area (Å²) in [5.74, 6) is 0. The van der Waals surface area contributed by atoms with Crippen LogP contribution in [0.25, 0.3) is 16.1 Å². The minimum Gasteiger partial charge on any atom is -0.356 e. The standard InChI is InChI=1S/C19H16N4OS/c1-13-3-2-4-16(11-13)15-7-5-14(6-8-15)12-21-18-22-23-17(24)9-10-20-19(23)25-18/h2-11H,12H2,1H3,(H,21,22). The van der Waals surface area contributed by atoms with Crippen molar-refractivity contribution in [2.75, 3.05) is 5.32 Å². The number of hydrogen-bond acceptors (Lipinski definition) is 5. The molecule has 0 radical (unpaired) electrons. The topological polar surface area (TPSA) is 59.3 Å². The first-order valence-corrected chi connectivity index (χ1v) is 8.75. The van der Waals surface area contributed by atoms with Crippen LogP contribution in [0.5, 0.6) is 0 Å². The Bertz CT molecular complexity index is 1080. The van der Waals surface area contributed by atoms with Crippen LogP contribution < -0.4 is 10.9 Å². The van der Waals surface area contributed by atoms with Gasteiger partial charge in [-0.1, -0.05) is 65.4 Å². The average Bonchev–Trinajstić information content (AvgIpc) is 3.05. The average molecular weight is 348 g/mol. The summed E-state index contributed by atoms with van der Waals surface area (Å²) in [6, 6.07) is 18.3. The lowest BCUT2D eigenvalue weighted by atomic mass is 10.0. The van der Waals surface area contributed by atoms with Crippen LogP contribution in [0.2, 0.25) is 0 Å². The molecule has 4 rings (SSSR count). The minimum atomic E-state index is -0.170. The van der Waals surface area contributed by atoms with Crippen molar-refractivity contribution in [3.63, 3.8) is 0 Å². The molecule has 0 spiro atoms. The molecule has 0 bridgehead atoms. The van der Waals surface area contributed by atoms with Crippen molar-refractivity contribution in [2.24, 2.45) is 0 Å². The van der Waals surface area contributed by atoms with Crippen molar-refractivity contribution in [1.29, 1.82) is 0 Å². The van der Waals surface area contributed by atoms with Gasteiger partial charge in [-0.2, -0.15) is 4.52 Å². The Labute approximate surface area is 148 Å². The number of nitrogens with zero attached hydrogens (tertiary/aromatic N) is 3. The van der Waals surface area contributed by atoms with Crippen LogP contribution in [0.3, 0.4) is 0 Å². The smallest absolute Gasteiger partial charge is 0.275 e. The molecular formula is C19H16N4OS. The Morgan fingerprint density at radius 2 is 1.92 bits per heavy atom. The minimum absolute atomic E-state index is 0.170. The lowest BCUT2D eigenvalue weighted by Gasteiger charge is -2.06. The van der Waals surface area contributed by atoms with Gasteiger partial charge >= 0.3 is 0 Å². The van der Waals surface area contributed by atoms with E-state index in [-0.39, 0.29) is 5.56 Å². The molecule has 1 N–H and O–H groups in total. The first-order valence-electron chi connectivity index (χ1n) is 7.94. The summed E-state index contributed by atoms with van der Waals surface area (Å²) >= 11 is 1.36. The predicted molar refractivity (Wildman–Crippen MR) is 101 cm³/mol. The summed E-state index contributed by atoms with van der Waals surface area (Å²) in [5, 5.41) is 8.18. The van der Waals surface area contributed by atoms with Gasteiger partial charge in [0.2, 0.25) is 10.1 Å². The molecule has 0 aliphatic rings. The number of hydrogen-bond donors (Lipinski definition) is 1. The van der Waals surface area contributed by atoms with Crippen molar-refractivity contribution in [2.45, 2.75) is 13.5 Å². The summed E-state index contributed by atoms with van der Waals surface area (Å²) in [4.78, 5) is 16.4. The number of aromatic nitrogens is 3. The molecule has 6 heteroatoms. The second-order valence-electron chi connectivity index (χ2n) is 5.80. The highest BCUT2D eigenvalue weighted by molar-refractivity contribution is 7.20. The van der Waals surface area contributed by atoms with E-state index < -0.39 is 0 Å². The van der Waals surface area contributed by atoms with Gasteiger partial charge in [0.1, 0.15) is 0 Å². The van der Waals surface area contributed by atoms with Crippen LogP contribution in [0.15, 0.2) is 65.6 Å². The van der Waals surface area contributed by atoms with E-state index in [0.717, 1.165) is 5.56 Å². The van der Waals surface area contributed by atoms with E-state index >= 15 is 0 Å². The second-order valence-corrected chi connectivity index (χ2v) is 6.76. The molecule has 4 aromatic rings. The van der Waals surface area contributed by atoms with Crippen molar-refractivity contribution >= 4 is 21.4 Å². The number of nitrogens with one attached hydrogen (secondary N) is 1. The molecule has 0 saturated heterocycles. The molecule has 124 valence electrons. The molecule has 2 aromatic carbocycles. The van der Waals surface area contributed by atoms with Crippen LogP contribution in [-0.4, -0.2) is 14.6 Å². The third-order valence-corrected chi connectivity index (χ3v) is 4.80. The van der Waals surface area contributed by atoms with Gasteiger partial charge in [-0.05, 0) is 23.6 Å². The molecule has 5 nitrogen and oxygen atoms in total. The number of rotatable bonds is 4. The Morgan fingerprint density at radius 3 is 2.68 bits per heavy atom. The third kappa shape index (κ3) is 3.29. The zero-order valence-electron chi connectivity index (χ0n) is 13.6. The Kier molecular flexibility index (Phi) is 4.03. The Balaban J connectivity index is 1.49. The fourth-order valence-corrected chi connectivity index (χ4v) is 3.40. The van der Waals surface area contributed by atoms with Gasteiger partial charge in [0.05, 0.1) is 0 Å². The SMILES string of the molecule is Cc1cccc(-c2ccc(CNc3nn4c(=O)ccnc4s3)cc2)c1. The molecule has 0 amide bonds. The van der Waals surface area contributed by atoms with E-state index in [9.17, 15) is 4.79 Å². The normalized spacial score (nSPS) is 10.9. The van der Waals surface area contributed by atoms with E-state index in [0.29, 0.717) is 16.6 Å². The largest absolute Gasteiger partial charge is 0.356 e.